The van der Waals surface area contributed by atoms with Crippen LogP contribution in [0.25, 0.3) is 0 Å². The first-order chi connectivity index (χ1) is 4.61. The first-order valence-corrected chi connectivity index (χ1v) is 4.17. The van der Waals surface area contributed by atoms with Gasteiger partial charge in [-0.05, 0) is 27.7 Å². The molecule has 0 spiro atoms. The Kier molecular flexibility index (Phi) is 2.09. The predicted octanol–water partition coefficient (Wildman–Crippen LogP) is 2.84. The van der Waals surface area contributed by atoms with Crippen molar-refractivity contribution in [2.45, 2.75) is 27.7 Å². The van der Waals surface area contributed by atoms with Crippen LogP contribution in [0.3, 0.4) is 0 Å². The van der Waals surface area contributed by atoms with E-state index in [0.29, 0.717) is 0 Å². The average molecular weight is 154 g/mol. The van der Waals surface area contributed by atoms with Gasteiger partial charge in [-0.2, -0.15) is 0 Å². The van der Waals surface area contributed by atoms with E-state index in [9.17, 15) is 0 Å². The molecule has 0 saturated carbocycles. The molecule has 0 unspecified atom stereocenters. The molecule has 0 atom stereocenters. The molecular formula is C8H12NS. The number of hydrogen-bond donors (Lipinski definition) is 0. The lowest BCUT2D eigenvalue weighted by atomic mass is 10.3. The molecule has 55 valence electrons. The summed E-state index contributed by atoms with van der Waals surface area (Å²) in [6.07, 6.45) is 0. The van der Waals surface area contributed by atoms with Gasteiger partial charge in [0.2, 0.25) is 0 Å². The third kappa shape index (κ3) is 1.37. The molecule has 1 rings (SSSR count). The first kappa shape index (κ1) is 7.73. The summed E-state index contributed by atoms with van der Waals surface area (Å²) in [5.41, 5.74) is 2.32. The van der Waals surface area contributed by atoms with Gasteiger partial charge in [-0.1, -0.05) is 11.8 Å². The Morgan fingerprint density at radius 3 is 1.60 bits per heavy atom. The molecule has 0 amide bonds. The highest BCUT2D eigenvalue weighted by atomic mass is 32.2. The predicted molar refractivity (Wildman–Crippen MR) is 46.5 cm³/mol. The molecule has 1 heterocycles. The van der Waals surface area contributed by atoms with Crippen molar-refractivity contribution in [3.63, 3.8) is 0 Å². The van der Waals surface area contributed by atoms with E-state index in [1.807, 2.05) is 11.8 Å². The lowest BCUT2D eigenvalue weighted by Gasteiger charge is -2.16. The number of thioether (sulfide) groups is 1. The van der Waals surface area contributed by atoms with E-state index < -0.39 is 0 Å². The number of hydrogen-bond acceptors (Lipinski definition) is 1. The van der Waals surface area contributed by atoms with Crippen LogP contribution >= 0.6 is 11.8 Å². The smallest absolute Gasteiger partial charge is 0.0471 e. The Morgan fingerprint density at radius 2 is 1.30 bits per heavy atom. The van der Waals surface area contributed by atoms with Gasteiger partial charge in [0.15, 0.2) is 0 Å². The van der Waals surface area contributed by atoms with Crippen LogP contribution < -0.4 is 5.32 Å². The highest BCUT2D eigenvalue weighted by molar-refractivity contribution is 8.06. The summed E-state index contributed by atoms with van der Waals surface area (Å²) in [4.78, 5) is 2.64. The number of rotatable bonds is 0. The molecule has 1 aliphatic heterocycles. The monoisotopic (exact) mass is 154 g/mol. The molecule has 0 aliphatic carbocycles. The Morgan fingerprint density at radius 1 is 0.900 bits per heavy atom. The van der Waals surface area contributed by atoms with Gasteiger partial charge in [0, 0.05) is 21.2 Å². The largest absolute Gasteiger partial charge is 0.257 e. The molecule has 1 nitrogen and oxygen atoms in total. The molecule has 0 saturated heterocycles. The SMILES string of the molecule is CC1=C(C)SC(C)=C(C)[N]1. The fourth-order valence-corrected chi connectivity index (χ4v) is 1.63. The zero-order chi connectivity index (χ0) is 7.72. The molecule has 0 bridgehead atoms. The molecule has 2 heteroatoms. The van der Waals surface area contributed by atoms with Crippen LogP contribution in [0.2, 0.25) is 0 Å². The van der Waals surface area contributed by atoms with Gasteiger partial charge in [-0.25, -0.2) is 0 Å². The van der Waals surface area contributed by atoms with Gasteiger partial charge in [0.1, 0.15) is 0 Å². The normalized spacial score (nSPS) is 19.6. The second-order valence-electron chi connectivity index (χ2n) is 2.50. The fraction of sp³-hybridized carbons (Fsp3) is 0.500. The van der Waals surface area contributed by atoms with Gasteiger partial charge in [0.05, 0.1) is 0 Å². The van der Waals surface area contributed by atoms with Gasteiger partial charge in [0.25, 0.3) is 0 Å². The third-order valence-electron chi connectivity index (χ3n) is 1.66. The van der Waals surface area contributed by atoms with Crippen LogP contribution in [-0.4, -0.2) is 0 Å². The van der Waals surface area contributed by atoms with Crippen LogP contribution in [0.4, 0.5) is 0 Å². The van der Waals surface area contributed by atoms with Crippen molar-refractivity contribution in [1.29, 1.82) is 0 Å². The Bertz CT molecular complexity index is 169. The third-order valence-corrected chi connectivity index (χ3v) is 2.86. The summed E-state index contributed by atoms with van der Waals surface area (Å²) in [5.74, 6) is 0. The number of nitrogens with zero attached hydrogens (tertiary/aromatic N) is 1. The van der Waals surface area contributed by atoms with E-state index in [-0.39, 0.29) is 0 Å². The van der Waals surface area contributed by atoms with Crippen LogP contribution in [0.1, 0.15) is 27.7 Å². The van der Waals surface area contributed by atoms with Crippen LogP contribution in [0, 0.1) is 0 Å². The molecule has 0 fully saturated rings. The summed E-state index contributed by atoms with van der Waals surface area (Å²) in [5, 5.41) is 4.38. The Hall–Kier alpha value is -0.370. The minimum absolute atomic E-state index is 1.16. The molecule has 1 aliphatic rings. The summed E-state index contributed by atoms with van der Waals surface area (Å²) in [7, 11) is 0. The molecule has 0 aromatic rings. The molecule has 0 N–H and O–H groups in total. The quantitative estimate of drug-likeness (QED) is 0.523. The van der Waals surface area contributed by atoms with Crippen molar-refractivity contribution in [3.05, 3.63) is 21.2 Å². The van der Waals surface area contributed by atoms with E-state index in [1.165, 1.54) is 9.81 Å². The van der Waals surface area contributed by atoms with E-state index in [2.05, 4.69) is 33.0 Å². The molecule has 10 heavy (non-hydrogen) atoms. The fourth-order valence-electron chi connectivity index (χ4n) is 0.786. The topological polar surface area (TPSA) is 14.1 Å². The molecule has 0 aromatic heterocycles. The maximum atomic E-state index is 4.38. The lowest BCUT2D eigenvalue weighted by Crippen LogP contribution is -2.06. The van der Waals surface area contributed by atoms with Crippen molar-refractivity contribution in [2.75, 3.05) is 0 Å². The minimum atomic E-state index is 1.16. The summed E-state index contributed by atoms with van der Waals surface area (Å²) in [6, 6.07) is 0. The van der Waals surface area contributed by atoms with E-state index in [4.69, 9.17) is 0 Å². The zero-order valence-electron chi connectivity index (χ0n) is 6.86. The van der Waals surface area contributed by atoms with E-state index in [1.54, 1.807) is 0 Å². The van der Waals surface area contributed by atoms with Crippen LogP contribution in [0.15, 0.2) is 21.2 Å². The highest BCUT2D eigenvalue weighted by Crippen LogP contribution is 2.32. The lowest BCUT2D eigenvalue weighted by molar-refractivity contribution is 0.925. The standard InChI is InChI=1S/C8H12NS/c1-5-7(3)10-8(4)6(2)9-5/h1-4H3. The van der Waals surface area contributed by atoms with Gasteiger partial charge >= 0.3 is 0 Å². The summed E-state index contributed by atoms with van der Waals surface area (Å²) >= 11 is 1.82. The summed E-state index contributed by atoms with van der Waals surface area (Å²) in [6.45, 7) is 8.33. The molecule has 0 aromatic carbocycles. The van der Waals surface area contributed by atoms with Crippen molar-refractivity contribution >= 4 is 11.8 Å². The maximum Gasteiger partial charge on any atom is 0.0471 e. The second-order valence-corrected chi connectivity index (χ2v) is 3.93. The van der Waals surface area contributed by atoms with Crippen molar-refractivity contribution in [1.82, 2.24) is 5.32 Å². The average Bonchev–Trinajstić information content (AvgIpc) is 1.84. The van der Waals surface area contributed by atoms with Gasteiger partial charge in [-0.3, -0.25) is 5.32 Å². The van der Waals surface area contributed by atoms with Gasteiger partial charge in [-0.15, -0.1) is 0 Å². The molecule has 1 radical (unpaired) electrons. The highest BCUT2D eigenvalue weighted by Gasteiger charge is 2.10. The van der Waals surface area contributed by atoms with E-state index >= 15 is 0 Å². The zero-order valence-corrected chi connectivity index (χ0v) is 7.67. The maximum absolute atomic E-state index is 4.38. The van der Waals surface area contributed by atoms with Crippen LogP contribution in [0.5, 0.6) is 0 Å². The Labute approximate surface area is 66.6 Å². The van der Waals surface area contributed by atoms with Crippen molar-refractivity contribution in [3.8, 4) is 0 Å². The number of allylic oxidation sites excluding steroid dienone is 4. The van der Waals surface area contributed by atoms with Crippen molar-refractivity contribution < 1.29 is 0 Å². The van der Waals surface area contributed by atoms with E-state index in [0.717, 1.165) is 11.4 Å². The summed E-state index contributed by atoms with van der Waals surface area (Å²) < 4.78 is 0. The molecular weight excluding hydrogens is 142 g/mol. The second kappa shape index (κ2) is 2.70. The first-order valence-electron chi connectivity index (χ1n) is 3.36. The Balaban J connectivity index is 2.81. The minimum Gasteiger partial charge on any atom is -0.257 e. The van der Waals surface area contributed by atoms with Gasteiger partial charge < -0.3 is 0 Å². The van der Waals surface area contributed by atoms with Crippen molar-refractivity contribution in [2.24, 2.45) is 0 Å². The van der Waals surface area contributed by atoms with Crippen LogP contribution in [-0.2, 0) is 0 Å².